The van der Waals surface area contributed by atoms with Crippen molar-refractivity contribution in [3.63, 3.8) is 0 Å². The van der Waals surface area contributed by atoms with Crippen molar-refractivity contribution in [2.24, 2.45) is 0 Å². The molecule has 0 unspecified atom stereocenters. The number of nitriles is 1. The van der Waals surface area contributed by atoms with Crippen molar-refractivity contribution in [1.29, 1.82) is 5.26 Å². The molecule has 5 nitrogen and oxygen atoms in total. The van der Waals surface area contributed by atoms with E-state index < -0.39 is 10.0 Å². The molecule has 1 N–H and O–H groups in total. The van der Waals surface area contributed by atoms with Crippen molar-refractivity contribution in [2.45, 2.75) is 30.1 Å². The minimum Gasteiger partial charge on any atom is -0.492 e. The summed E-state index contributed by atoms with van der Waals surface area (Å²) in [6.45, 7) is 2.27. The number of hydrogen-bond donors (Lipinski definition) is 1. The lowest BCUT2D eigenvalue weighted by atomic mass is 9.98. The van der Waals surface area contributed by atoms with E-state index in [4.69, 9.17) is 16.3 Å². The summed E-state index contributed by atoms with van der Waals surface area (Å²) < 4.78 is 32.9. The van der Waals surface area contributed by atoms with Crippen LogP contribution in [0.1, 0.15) is 25.3 Å². The Morgan fingerprint density at radius 3 is 2.44 bits per heavy atom. The van der Waals surface area contributed by atoms with Gasteiger partial charge in [0.2, 0.25) is 0 Å². The van der Waals surface area contributed by atoms with Crippen LogP contribution in [0.5, 0.6) is 5.75 Å². The van der Waals surface area contributed by atoms with Gasteiger partial charge in [0.1, 0.15) is 5.75 Å². The van der Waals surface area contributed by atoms with Gasteiger partial charge in [-0.1, -0.05) is 23.7 Å². The van der Waals surface area contributed by atoms with Gasteiger partial charge >= 0.3 is 0 Å². The van der Waals surface area contributed by atoms with Crippen LogP contribution in [0.25, 0.3) is 0 Å². The van der Waals surface area contributed by atoms with E-state index in [1.807, 2.05) is 6.92 Å². The van der Waals surface area contributed by atoms with Crippen LogP contribution in [0.15, 0.2) is 47.4 Å². The third kappa shape index (κ3) is 3.58. The van der Waals surface area contributed by atoms with Crippen molar-refractivity contribution in [3.8, 4) is 11.8 Å². The number of benzene rings is 2. The Balaban J connectivity index is 1.80. The van der Waals surface area contributed by atoms with Gasteiger partial charge in [-0.25, -0.2) is 8.42 Å². The molecule has 1 fully saturated rings. The summed E-state index contributed by atoms with van der Waals surface area (Å²) in [6.07, 6.45) is 1.69. The standard InChI is InChI=1S/C18H17ClN2O3S/c1-2-24-17-8-7-15(11-16(17)19)25(22,23)21-14-5-3-13(4-6-14)18(12-20)9-10-18/h3-8,11,21H,2,9-10H2,1H3. The van der Waals surface area contributed by atoms with Crippen LogP contribution in [-0.4, -0.2) is 15.0 Å². The van der Waals surface area contributed by atoms with E-state index >= 15 is 0 Å². The summed E-state index contributed by atoms with van der Waals surface area (Å²) in [7, 11) is -3.76. The van der Waals surface area contributed by atoms with E-state index in [0.29, 0.717) is 18.0 Å². The zero-order valence-corrected chi connectivity index (χ0v) is 15.2. The Hall–Kier alpha value is -2.23. The molecule has 1 saturated carbocycles. The summed E-state index contributed by atoms with van der Waals surface area (Å²) in [5, 5.41) is 9.46. The largest absolute Gasteiger partial charge is 0.492 e. The lowest BCUT2D eigenvalue weighted by molar-refractivity contribution is 0.340. The van der Waals surface area contributed by atoms with Gasteiger partial charge in [0.05, 0.1) is 28.0 Å². The SMILES string of the molecule is CCOc1ccc(S(=O)(=O)Nc2ccc(C3(C#N)CC3)cc2)cc1Cl. The van der Waals surface area contributed by atoms with E-state index in [0.717, 1.165) is 18.4 Å². The summed E-state index contributed by atoms with van der Waals surface area (Å²) >= 11 is 6.06. The van der Waals surface area contributed by atoms with Crippen molar-refractivity contribution >= 4 is 27.3 Å². The number of halogens is 1. The number of rotatable bonds is 6. The Labute approximate surface area is 152 Å². The molecular formula is C18H17ClN2O3S. The van der Waals surface area contributed by atoms with Gasteiger partial charge in [-0.05, 0) is 55.7 Å². The average molecular weight is 377 g/mol. The van der Waals surface area contributed by atoms with Crippen molar-refractivity contribution in [2.75, 3.05) is 11.3 Å². The molecule has 0 aromatic heterocycles. The molecule has 2 aromatic carbocycles. The molecule has 0 spiro atoms. The van der Waals surface area contributed by atoms with E-state index in [9.17, 15) is 13.7 Å². The van der Waals surface area contributed by atoms with Crippen molar-refractivity contribution in [1.82, 2.24) is 0 Å². The predicted octanol–water partition coefficient (Wildman–Crippen LogP) is 4.09. The van der Waals surface area contributed by atoms with Crippen LogP contribution in [0.3, 0.4) is 0 Å². The predicted molar refractivity (Wildman–Crippen MR) is 96.4 cm³/mol. The summed E-state index contributed by atoms with van der Waals surface area (Å²) in [5.41, 5.74) is 0.963. The molecule has 0 saturated heterocycles. The highest BCUT2D eigenvalue weighted by Gasteiger charge is 2.44. The molecule has 7 heteroatoms. The van der Waals surface area contributed by atoms with Crippen molar-refractivity contribution in [3.05, 3.63) is 53.1 Å². The highest BCUT2D eigenvalue weighted by Crippen LogP contribution is 2.47. The van der Waals surface area contributed by atoms with Gasteiger partial charge in [0.15, 0.2) is 0 Å². The monoisotopic (exact) mass is 376 g/mol. The van der Waals surface area contributed by atoms with Crippen LogP contribution in [-0.2, 0) is 15.4 Å². The zero-order valence-electron chi connectivity index (χ0n) is 13.6. The van der Waals surface area contributed by atoms with Gasteiger partial charge in [0, 0.05) is 5.69 Å². The lowest BCUT2D eigenvalue weighted by Crippen LogP contribution is -2.13. The van der Waals surface area contributed by atoms with Crippen molar-refractivity contribution < 1.29 is 13.2 Å². The molecular weight excluding hydrogens is 360 g/mol. The molecule has 1 aliphatic carbocycles. The second-order valence-electron chi connectivity index (χ2n) is 5.90. The first-order chi connectivity index (χ1) is 11.9. The van der Waals surface area contributed by atoms with E-state index in [1.54, 1.807) is 24.3 Å². The van der Waals surface area contributed by atoms with Crippen LogP contribution in [0.2, 0.25) is 5.02 Å². The number of sulfonamides is 1. The molecule has 3 rings (SSSR count). The second kappa shape index (κ2) is 6.58. The van der Waals surface area contributed by atoms with Gasteiger partial charge in [-0.3, -0.25) is 4.72 Å². The summed E-state index contributed by atoms with van der Waals surface area (Å²) in [6, 6.07) is 13.6. The fourth-order valence-electron chi connectivity index (χ4n) is 2.58. The van der Waals surface area contributed by atoms with E-state index in [2.05, 4.69) is 10.8 Å². The molecule has 130 valence electrons. The van der Waals surface area contributed by atoms with Crippen LogP contribution >= 0.6 is 11.6 Å². The molecule has 0 atom stereocenters. The molecule has 0 aliphatic heterocycles. The Bertz CT molecular complexity index is 930. The molecule has 0 radical (unpaired) electrons. The summed E-state index contributed by atoms with van der Waals surface area (Å²) in [5.74, 6) is 0.443. The minimum absolute atomic E-state index is 0.0562. The van der Waals surface area contributed by atoms with Gasteiger partial charge in [0.25, 0.3) is 10.0 Å². The topological polar surface area (TPSA) is 79.2 Å². The fraction of sp³-hybridized carbons (Fsp3) is 0.278. The number of anilines is 1. The number of hydrogen-bond acceptors (Lipinski definition) is 4. The van der Waals surface area contributed by atoms with Crippen LogP contribution in [0.4, 0.5) is 5.69 Å². The zero-order chi connectivity index (χ0) is 18.1. The molecule has 0 heterocycles. The number of nitrogens with zero attached hydrogens (tertiary/aromatic N) is 1. The molecule has 0 amide bonds. The Kier molecular flexibility index (Phi) is 4.63. The lowest BCUT2D eigenvalue weighted by Gasteiger charge is -2.12. The minimum atomic E-state index is -3.76. The summed E-state index contributed by atoms with van der Waals surface area (Å²) in [4.78, 5) is 0.0562. The molecule has 25 heavy (non-hydrogen) atoms. The normalized spacial score (nSPS) is 15.2. The van der Waals surface area contributed by atoms with Crippen LogP contribution < -0.4 is 9.46 Å². The maximum absolute atomic E-state index is 12.5. The number of nitrogens with one attached hydrogen (secondary N) is 1. The van der Waals surface area contributed by atoms with Gasteiger partial charge in [-0.2, -0.15) is 5.26 Å². The highest BCUT2D eigenvalue weighted by molar-refractivity contribution is 7.92. The third-order valence-electron chi connectivity index (χ3n) is 4.17. The maximum atomic E-state index is 12.5. The quantitative estimate of drug-likeness (QED) is 0.823. The molecule has 2 aromatic rings. The molecule has 0 bridgehead atoms. The maximum Gasteiger partial charge on any atom is 0.261 e. The number of ether oxygens (including phenoxy) is 1. The van der Waals surface area contributed by atoms with Crippen LogP contribution in [0, 0.1) is 11.3 Å². The van der Waals surface area contributed by atoms with E-state index in [1.165, 1.54) is 18.2 Å². The van der Waals surface area contributed by atoms with Gasteiger partial charge < -0.3 is 4.74 Å². The first kappa shape index (κ1) is 17.6. The second-order valence-corrected chi connectivity index (χ2v) is 7.99. The third-order valence-corrected chi connectivity index (χ3v) is 5.84. The fourth-order valence-corrected chi connectivity index (χ4v) is 3.97. The van der Waals surface area contributed by atoms with Gasteiger partial charge in [-0.15, -0.1) is 0 Å². The molecule has 1 aliphatic rings. The Morgan fingerprint density at radius 2 is 1.92 bits per heavy atom. The Morgan fingerprint density at radius 1 is 1.24 bits per heavy atom. The first-order valence-corrected chi connectivity index (χ1v) is 9.73. The highest BCUT2D eigenvalue weighted by atomic mass is 35.5. The first-order valence-electron chi connectivity index (χ1n) is 7.87. The average Bonchev–Trinajstić information content (AvgIpc) is 3.38. The van der Waals surface area contributed by atoms with E-state index in [-0.39, 0.29) is 15.3 Å². The smallest absolute Gasteiger partial charge is 0.261 e.